The Labute approximate surface area is 256 Å². The first-order valence-electron chi connectivity index (χ1n) is 14.2. The number of hydrogen-bond acceptors (Lipinski definition) is 10. The molecule has 0 radical (unpaired) electrons. The highest BCUT2D eigenvalue weighted by atomic mass is 19.4. The molecule has 0 aromatic carbocycles. The first-order chi connectivity index (χ1) is 21.4. The third kappa shape index (κ3) is 6.21. The van der Waals surface area contributed by atoms with Crippen LogP contribution in [-0.2, 0) is 16.1 Å². The molecule has 0 amide bonds. The number of likely N-dealkylation sites (tertiary alicyclic amines) is 1. The Morgan fingerprint density at radius 1 is 1.09 bits per heavy atom. The molecule has 4 aromatic heterocycles. The van der Waals surface area contributed by atoms with Gasteiger partial charge in [0.25, 0.3) is 0 Å². The molecule has 2 aliphatic heterocycles. The first kappa shape index (κ1) is 30.1. The van der Waals surface area contributed by atoms with Crippen LogP contribution in [0.3, 0.4) is 0 Å². The quantitative estimate of drug-likeness (QED) is 0.249. The number of piperazine rings is 1. The van der Waals surface area contributed by atoms with Crippen molar-refractivity contribution >= 4 is 17.3 Å². The highest BCUT2D eigenvalue weighted by molar-refractivity contribution is 5.85. The molecule has 6 heterocycles. The number of nitrogens with zero attached hydrogens (tertiary/aromatic N) is 7. The van der Waals surface area contributed by atoms with E-state index in [4.69, 9.17) is 14.5 Å². The van der Waals surface area contributed by atoms with Crippen molar-refractivity contribution < 1.29 is 32.2 Å². The van der Waals surface area contributed by atoms with Gasteiger partial charge in [0.15, 0.2) is 0 Å². The van der Waals surface area contributed by atoms with E-state index in [9.17, 15) is 23.2 Å². The van der Waals surface area contributed by atoms with Crippen LogP contribution < -0.4 is 14.4 Å². The molecule has 0 N–H and O–H groups in total. The molecule has 0 spiro atoms. The van der Waals surface area contributed by atoms with Crippen LogP contribution in [0.2, 0.25) is 0 Å². The zero-order valence-electron chi connectivity index (χ0n) is 24.8. The first-order valence-corrected chi connectivity index (χ1v) is 14.2. The number of carbonyl (C=O) groups excluding carboxylic acids is 1. The minimum atomic E-state index is -5.12. The number of methoxy groups -OCH3 is 1. The van der Waals surface area contributed by atoms with E-state index in [1.807, 2.05) is 30.5 Å². The van der Waals surface area contributed by atoms with Gasteiger partial charge in [-0.2, -0.15) is 23.5 Å². The molecule has 2 bridgehead atoms. The summed E-state index contributed by atoms with van der Waals surface area (Å²) in [6.07, 6.45) is 2.44. The van der Waals surface area contributed by atoms with Crippen molar-refractivity contribution in [2.24, 2.45) is 0 Å². The molecular formula is C31H30F3N7O4. The number of aromatic nitrogens is 4. The zero-order chi connectivity index (χ0) is 31.9. The van der Waals surface area contributed by atoms with E-state index in [1.54, 1.807) is 19.4 Å². The number of fused-ring (bicyclic) bond motifs is 3. The monoisotopic (exact) mass is 621 g/mol. The zero-order valence-corrected chi connectivity index (χ0v) is 24.8. The molecule has 45 heavy (non-hydrogen) atoms. The van der Waals surface area contributed by atoms with Crippen molar-refractivity contribution in [2.75, 3.05) is 31.7 Å². The van der Waals surface area contributed by atoms with E-state index < -0.39 is 17.7 Å². The van der Waals surface area contributed by atoms with Gasteiger partial charge in [0.05, 0.1) is 30.6 Å². The number of halogens is 3. The number of nitriles is 1. The summed E-state index contributed by atoms with van der Waals surface area (Å²) in [6.45, 7) is 4.87. The molecule has 0 aliphatic carbocycles. The van der Waals surface area contributed by atoms with Gasteiger partial charge in [-0.15, -0.1) is 0 Å². The van der Waals surface area contributed by atoms with Gasteiger partial charge in [-0.3, -0.25) is 4.90 Å². The van der Waals surface area contributed by atoms with Crippen molar-refractivity contribution in [3.8, 4) is 28.8 Å². The summed E-state index contributed by atoms with van der Waals surface area (Å²) in [4.78, 5) is 25.2. The van der Waals surface area contributed by atoms with Gasteiger partial charge in [0, 0.05) is 61.3 Å². The van der Waals surface area contributed by atoms with Gasteiger partial charge in [-0.1, -0.05) is 6.07 Å². The van der Waals surface area contributed by atoms with Crippen molar-refractivity contribution in [3.05, 3.63) is 66.2 Å². The normalized spacial score (nSPS) is 18.3. The standard InChI is InChI=1S/C31H30F3N7O4/c1-30(2,45-29(42)31(32,33)34)18-44-24-9-25(28-21(10-35)13-38-41(28)17-24)20-5-6-26(36-12-20)40-16-22-8-23(40)15-39(22)14-19-4-7-27(43-3)37-11-19/h4-7,9,11-13,17,22-23H,8,14-16,18H2,1-3H3/t22-,23-/m0/s1. The molecule has 4 aromatic rings. The molecular weight excluding hydrogens is 591 g/mol. The third-order valence-electron chi connectivity index (χ3n) is 7.99. The van der Waals surface area contributed by atoms with Gasteiger partial charge in [0.1, 0.15) is 29.8 Å². The average molecular weight is 622 g/mol. The lowest BCUT2D eigenvalue weighted by Gasteiger charge is -2.35. The van der Waals surface area contributed by atoms with E-state index in [1.165, 1.54) is 30.8 Å². The van der Waals surface area contributed by atoms with Gasteiger partial charge in [0.2, 0.25) is 5.88 Å². The maximum Gasteiger partial charge on any atom is 0.490 e. The fraction of sp³-hybridized carbons (Fsp3) is 0.387. The molecule has 2 atom stereocenters. The number of rotatable bonds is 9. The Morgan fingerprint density at radius 3 is 2.53 bits per heavy atom. The Hall–Kier alpha value is -4.90. The SMILES string of the molecule is COc1ccc(CN2C[C@@H]3C[C@H]2CN3c2ccc(-c3cc(OCC(C)(C)OC(=O)C(F)(F)F)cn4ncc(C#N)c34)cn2)cn1. The van der Waals surface area contributed by atoms with Crippen LogP contribution in [0.1, 0.15) is 31.4 Å². The van der Waals surface area contributed by atoms with E-state index in [2.05, 4.69) is 30.7 Å². The lowest BCUT2D eigenvalue weighted by atomic mass is 10.1. The van der Waals surface area contributed by atoms with Crippen LogP contribution in [0.25, 0.3) is 16.6 Å². The summed E-state index contributed by atoms with van der Waals surface area (Å²) in [6, 6.07) is 12.3. The summed E-state index contributed by atoms with van der Waals surface area (Å²) in [5.74, 6) is -0.592. The van der Waals surface area contributed by atoms with Crippen molar-refractivity contribution in [1.29, 1.82) is 5.26 Å². The van der Waals surface area contributed by atoms with Crippen LogP contribution in [0.4, 0.5) is 19.0 Å². The molecule has 2 fully saturated rings. The van der Waals surface area contributed by atoms with Crippen molar-refractivity contribution in [1.82, 2.24) is 24.5 Å². The van der Waals surface area contributed by atoms with E-state index in [-0.39, 0.29) is 12.4 Å². The summed E-state index contributed by atoms with van der Waals surface area (Å²) in [7, 11) is 1.60. The number of esters is 1. The molecule has 234 valence electrons. The Bertz CT molecular complexity index is 1750. The second kappa shape index (κ2) is 11.6. The topological polar surface area (TPSA) is 118 Å². The lowest BCUT2D eigenvalue weighted by molar-refractivity contribution is -0.213. The maximum absolute atomic E-state index is 12.7. The number of hydrogen-bond donors (Lipinski definition) is 0. The summed E-state index contributed by atoms with van der Waals surface area (Å²) in [5.41, 5.74) is 1.75. The number of pyridine rings is 3. The van der Waals surface area contributed by atoms with Gasteiger partial charge in [-0.05, 0) is 44.0 Å². The average Bonchev–Trinajstić information content (AvgIpc) is 3.74. The Morgan fingerprint density at radius 2 is 1.91 bits per heavy atom. The molecule has 2 saturated heterocycles. The molecule has 14 heteroatoms. The predicted octanol–water partition coefficient (Wildman–Crippen LogP) is 4.40. The molecule has 2 aliphatic rings. The van der Waals surface area contributed by atoms with E-state index >= 15 is 0 Å². The predicted molar refractivity (Wildman–Crippen MR) is 156 cm³/mol. The van der Waals surface area contributed by atoms with Crippen LogP contribution >= 0.6 is 0 Å². The summed E-state index contributed by atoms with van der Waals surface area (Å²) < 4.78 is 55.1. The summed E-state index contributed by atoms with van der Waals surface area (Å²) in [5, 5.41) is 14.0. The minimum Gasteiger partial charge on any atom is -0.488 e. The molecule has 0 saturated carbocycles. The van der Waals surface area contributed by atoms with Crippen LogP contribution in [0.15, 0.2) is 55.1 Å². The van der Waals surface area contributed by atoms with Gasteiger partial charge in [-0.25, -0.2) is 19.3 Å². The number of anilines is 1. The van der Waals surface area contributed by atoms with Crippen molar-refractivity contribution in [2.45, 2.75) is 50.7 Å². The van der Waals surface area contributed by atoms with Crippen LogP contribution in [0.5, 0.6) is 11.6 Å². The third-order valence-corrected chi connectivity index (χ3v) is 7.99. The van der Waals surface area contributed by atoms with Crippen LogP contribution in [0, 0.1) is 11.3 Å². The molecule has 6 rings (SSSR count). The minimum absolute atomic E-state index is 0.259. The number of alkyl halides is 3. The Kier molecular flexibility index (Phi) is 7.74. The highest BCUT2D eigenvalue weighted by Crippen LogP contribution is 2.36. The highest BCUT2D eigenvalue weighted by Gasteiger charge is 2.45. The maximum atomic E-state index is 12.7. The smallest absolute Gasteiger partial charge is 0.488 e. The van der Waals surface area contributed by atoms with Crippen molar-refractivity contribution in [3.63, 3.8) is 0 Å². The molecule has 0 unspecified atom stereocenters. The fourth-order valence-electron chi connectivity index (χ4n) is 5.87. The van der Waals surface area contributed by atoms with E-state index in [0.717, 1.165) is 37.4 Å². The number of carbonyl (C=O) groups is 1. The second-order valence-corrected chi connectivity index (χ2v) is 11.7. The molecule has 11 nitrogen and oxygen atoms in total. The second-order valence-electron chi connectivity index (χ2n) is 11.7. The number of ether oxygens (including phenoxy) is 3. The lowest BCUT2D eigenvalue weighted by Crippen LogP contribution is -2.46. The van der Waals surface area contributed by atoms with Gasteiger partial charge < -0.3 is 19.1 Å². The summed E-state index contributed by atoms with van der Waals surface area (Å²) >= 11 is 0. The fourth-order valence-corrected chi connectivity index (χ4v) is 5.87. The van der Waals surface area contributed by atoms with E-state index in [0.29, 0.717) is 40.2 Å². The largest absolute Gasteiger partial charge is 0.490 e. The Balaban J connectivity index is 1.17. The van der Waals surface area contributed by atoms with Gasteiger partial charge >= 0.3 is 12.1 Å². The van der Waals surface area contributed by atoms with Crippen LogP contribution in [-0.4, -0.2) is 81.1 Å².